The van der Waals surface area contributed by atoms with Crippen LogP contribution in [-0.2, 0) is 25.7 Å². The molecule has 0 aliphatic carbocycles. The molecule has 5 N–H and O–H groups in total. The second-order valence-corrected chi connectivity index (χ2v) is 12.4. The summed E-state index contributed by atoms with van der Waals surface area (Å²) in [6, 6.07) is 24.3. The predicted molar refractivity (Wildman–Crippen MR) is 183 cm³/mol. The van der Waals surface area contributed by atoms with Crippen molar-refractivity contribution in [3.05, 3.63) is 108 Å². The van der Waals surface area contributed by atoms with Crippen LogP contribution < -0.4 is 16.4 Å². The van der Waals surface area contributed by atoms with Crippen LogP contribution in [0.3, 0.4) is 0 Å². The Morgan fingerprint density at radius 1 is 0.809 bits per heavy atom. The molecule has 3 atom stereocenters. The Hall–Kier alpha value is -4.29. The van der Waals surface area contributed by atoms with Crippen LogP contribution in [-0.4, -0.2) is 38.7 Å². The number of nitrogens with one attached hydrogen (secondary N) is 2. The molecule has 11 heteroatoms. The van der Waals surface area contributed by atoms with Gasteiger partial charge in [-0.15, -0.1) is 0 Å². The summed E-state index contributed by atoms with van der Waals surface area (Å²) in [6.45, 7) is -0.0109. The van der Waals surface area contributed by atoms with E-state index in [1.807, 2.05) is 60.7 Å². The standard InChI is InChI=1S/C36H41N5O5S/c37-30-8-5-6-9-31(30)41-34(44)11-4-2-1-3-10-33(43)40-28-18-16-27(17-19-28)35-45-29(24-47-36-38-20-7-21-39-36)22-32(46-35)26-14-12-25(23-42)13-15-26/h5-9,12-21,29,32,35,42H,1-4,10-11,22-24,37H2,(H,40,43)(H,41,44). The van der Waals surface area contributed by atoms with Gasteiger partial charge in [0.2, 0.25) is 11.8 Å². The minimum atomic E-state index is -0.592. The van der Waals surface area contributed by atoms with Crippen molar-refractivity contribution < 1.29 is 24.2 Å². The number of hydrogen-bond donors (Lipinski definition) is 4. The minimum absolute atomic E-state index is 0.0109. The average Bonchev–Trinajstić information content (AvgIpc) is 3.10. The van der Waals surface area contributed by atoms with E-state index < -0.39 is 6.29 Å². The van der Waals surface area contributed by atoms with Gasteiger partial charge in [-0.2, -0.15) is 0 Å². The number of aliphatic hydroxyl groups is 1. The van der Waals surface area contributed by atoms with Crippen LogP contribution in [0.2, 0.25) is 0 Å². The number of nitrogen functional groups attached to an aromatic ring is 1. The summed E-state index contributed by atoms with van der Waals surface area (Å²) in [4.78, 5) is 33.4. The monoisotopic (exact) mass is 655 g/mol. The van der Waals surface area contributed by atoms with Crippen molar-refractivity contribution in [3.63, 3.8) is 0 Å². The lowest BCUT2D eigenvalue weighted by molar-refractivity contribution is -0.245. The maximum Gasteiger partial charge on any atom is 0.224 e. The Morgan fingerprint density at radius 3 is 2.15 bits per heavy atom. The van der Waals surface area contributed by atoms with Gasteiger partial charge in [-0.05, 0) is 54.3 Å². The van der Waals surface area contributed by atoms with Crippen LogP contribution in [0, 0.1) is 0 Å². The number of hydrogen-bond acceptors (Lipinski definition) is 9. The van der Waals surface area contributed by atoms with Gasteiger partial charge in [0.05, 0.1) is 30.2 Å². The first-order valence-electron chi connectivity index (χ1n) is 15.9. The molecule has 246 valence electrons. The largest absolute Gasteiger partial charge is 0.397 e. The predicted octanol–water partition coefficient (Wildman–Crippen LogP) is 6.81. The zero-order chi connectivity index (χ0) is 32.8. The maximum absolute atomic E-state index is 12.6. The Labute approximate surface area is 279 Å². The second kappa shape index (κ2) is 17.6. The first-order chi connectivity index (χ1) is 23.0. The van der Waals surface area contributed by atoms with Gasteiger partial charge in [0.1, 0.15) is 0 Å². The molecule has 4 aromatic rings. The van der Waals surface area contributed by atoms with E-state index in [2.05, 4.69) is 20.6 Å². The van der Waals surface area contributed by atoms with Gasteiger partial charge in [0.25, 0.3) is 0 Å². The normalized spacial score (nSPS) is 17.6. The Kier molecular flexibility index (Phi) is 12.7. The molecule has 10 nitrogen and oxygen atoms in total. The molecule has 3 unspecified atom stereocenters. The quantitative estimate of drug-likeness (QED) is 0.0469. The molecular formula is C36H41N5O5S. The van der Waals surface area contributed by atoms with Crippen molar-refractivity contribution in [2.45, 2.75) is 75.2 Å². The molecular weight excluding hydrogens is 614 g/mol. The average molecular weight is 656 g/mol. The van der Waals surface area contributed by atoms with Crippen molar-refractivity contribution in [2.24, 2.45) is 0 Å². The lowest BCUT2D eigenvalue weighted by Gasteiger charge is -2.36. The van der Waals surface area contributed by atoms with Crippen LogP contribution >= 0.6 is 11.8 Å². The highest BCUT2D eigenvalue weighted by Crippen LogP contribution is 2.39. The van der Waals surface area contributed by atoms with E-state index in [0.717, 1.165) is 42.4 Å². The number of para-hydroxylation sites is 2. The number of aliphatic hydroxyl groups excluding tert-OH is 1. The van der Waals surface area contributed by atoms with E-state index in [9.17, 15) is 14.7 Å². The Morgan fingerprint density at radius 2 is 1.47 bits per heavy atom. The number of aromatic nitrogens is 2. The van der Waals surface area contributed by atoms with Gasteiger partial charge < -0.3 is 30.9 Å². The fourth-order valence-electron chi connectivity index (χ4n) is 5.25. The molecule has 1 aliphatic heterocycles. The van der Waals surface area contributed by atoms with E-state index in [-0.39, 0.29) is 30.6 Å². The second-order valence-electron chi connectivity index (χ2n) is 11.4. The fraction of sp³-hybridized carbons (Fsp3) is 0.333. The summed E-state index contributed by atoms with van der Waals surface area (Å²) in [5, 5.41) is 16.0. The first-order valence-corrected chi connectivity index (χ1v) is 16.9. The molecule has 47 heavy (non-hydrogen) atoms. The SMILES string of the molecule is Nc1ccccc1NC(=O)CCCCCCC(=O)Nc1ccc(C2OC(CSc3ncccn3)CC(c3ccc(CO)cc3)O2)cc1. The van der Waals surface area contributed by atoms with Gasteiger partial charge in [-0.3, -0.25) is 9.59 Å². The third-order valence-corrected chi connectivity index (χ3v) is 8.82. The van der Waals surface area contributed by atoms with Crippen LogP contribution in [0.5, 0.6) is 0 Å². The van der Waals surface area contributed by atoms with Crippen molar-refractivity contribution >= 4 is 40.6 Å². The first kappa shape index (κ1) is 34.1. The van der Waals surface area contributed by atoms with Crippen LogP contribution in [0.4, 0.5) is 17.1 Å². The Bertz CT molecular complexity index is 1570. The molecule has 2 amide bonds. The number of carbonyl (C=O) groups is 2. The van der Waals surface area contributed by atoms with Gasteiger partial charge in [-0.25, -0.2) is 9.97 Å². The van der Waals surface area contributed by atoms with Crippen LogP contribution in [0.1, 0.15) is 74.0 Å². The van der Waals surface area contributed by atoms with Crippen molar-refractivity contribution in [1.29, 1.82) is 0 Å². The number of anilines is 3. The zero-order valence-corrected chi connectivity index (χ0v) is 27.0. The number of carbonyl (C=O) groups excluding carboxylic acids is 2. The van der Waals surface area contributed by atoms with Gasteiger partial charge >= 0.3 is 0 Å². The topological polar surface area (TPSA) is 149 Å². The molecule has 0 bridgehead atoms. The van der Waals surface area contributed by atoms with Gasteiger partial charge in [0, 0.05) is 48.7 Å². The minimum Gasteiger partial charge on any atom is -0.397 e. The number of thioether (sulfide) groups is 1. The number of amides is 2. The molecule has 0 spiro atoms. The summed E-state index contributed by atoms with van der Waals surface area (Å²) in [5.74, 6) is 0.558. The molecule has 0 saturated carbocycles. The van der Waals surface area contributed by atoms with E-state index >= 15 is 0 Å². The van der Waals surface area contributed by atoms with Crippen LogP contribution in [0.15, 0.2) is 96.4 Å². The summed E-state index contributed by atoms with van der Waals surface area (Å²) in [7, 11) is 0. The summed E-state index contributed by atoms with van der Waals surface area (Å²) < 4.78 is 12.8. The fourth-order valence-corrected chi connectivity index (χ4v) is 6.07. The molecule has 0 radical (unpaired) electrons. The number of nitrogens with two attached hydrogens (primary N) is 1. The summed E-state index contributed by atoms with van der Waals surface area (Å²) in [6.07, 6.45) is 7.27. The molecule has 1 saturated heterocycles. The van der Waals surface area contributed by atoms with E-state index in [0.29, 0.717) is 47.2 Å². The number of nitrogens with zero attached hydrogens (tertiary/aromatic N) is 2. The third kappa shape index (κ3) is 10.6. The summed E-state index contributed by atoms with van der Waals surface area (Å²) >= 11 is 1.54. The molecule has 5 rings (SSSR count). The Balaban J connectivity index is 1.08. The molecule has 1 aliphatic rings. The number of benzene rings is 3. The highest BCUT2D eigenvalue weighted by atomic mass is 32.2. The van der Waals surface area contributed by atoms with Gasteiger partial charge in [-0.1, -0.05) is 73.1 Å². The molecule has 1 fully saturated rings. The lowest BCUT2D eigenvalue weighted by atomic mass is 10.0. The van der Waals surface area contributed by atoms with Crippen molar-refractivity contribution in [3.8, 4) is 0 Å². The number of ether oxygens (including phenoxy) is 2. The lowest BCUT2D eigenvalue weighted by Crippen LogP contribution is -2.31. The zero-order valence-electron chi connectivity index (χ0n) is 26.2. The third-order valence-electron chi connectivity index (χ3n) is 7.81. The molecule has 3 aromatic carbocycles. The summed E-state index contributed by atoms with van der Waals surface area (Å²) in [5.41, 5.74) is 10.5. The van der Waals surface area contributed by atoms with Crippen LogP contribution in [0.25, 0.3) is 0 Å². The number of unbranched alkanes of at least 4 members (excludes halogenated alkanes) is 3. The van der Waals surface area contributed by atoms with Crippen molar-refractivity contribution in [2.75, 3.05) is 22.1 Å². The number of rotatable bonds is 15. The van der Waals surface area contributed by atoms with E-state index in [1.165, 1.54) is 0 Å². The smallest absolute Gasteiger partial charge is 0.224 e. The molecule has 2 heterocycles. The van der Waals surface area contributed by atoms with E-state index in [1.54, 1.807) is 42.4 Å². The highest BCUT2D eigenvalue weighted by Gasteiger charge is 2.32. The highest BCUT2D eigenvalue weighted by molar-refractivity contribution is 7.99. The van der Waals surface area contributed by atoms with E-state index in [4.69, 9.17) is 15.2 Å². The van der Waals surface area contributed by atoms with Crippen molar-refractivity contribution in [1.82, 2.24) is 9.97 Å². The van der Waals surface area contributed by atoms with Gasteiger partial charge in [0.15, 0.2) is 11.4 Å². The molecule has 1 aromatic heterocycles. The maximum atomic E-state index is 12.6.